The van der Waals surface area contributed by atoms with Crippen LogP contribution in [0.25, 0.3) is 16.7 Å². The van der Waals surface area contributed by atoms with Crippen LogP contribution in [0.3, 0.4) is 0 Å². The first kappa shape index (κ1) is 20.9. The van der Waals surface area contributed by atoms with Crippen molar-refractivity contribution in [1.29, 1.82) is 0 Å². The van der Waals surface area contributed by atoms with Crippen LogP contribution in [0.4, 0.5) is 14.7 Å². The van der Waals surface area contributed by atoms with Crippen molar-refractivity contribution in [2.75, 3.05) is 31.2 Å². The standard InChI is InChI=1S/C22H22F2N6OS/c1-15-6-2-4-8-17(15)30-21(28-10-12-31-13-11-28)26-27-22(30)32-14-19-25-16-7-3-5-9-18(16)29(19)20(23)24/h2-9,20H,10-14H2,1H3. The Morgan fingerprint density at radius 2 is 1.78 bits per heavy atom. The van der Waals surface area contributed by atoms with Gasteiger partial charge in [-0.25, -0.2) is 4.98 Å². The highest BCUT2D eigenvalue weighted by Gasteiger charge is 2.24. The fourth-order valence-corrected chi connectivity index (χ4v) is 4.76. The summed E-state index contributed by atoms with van der Waals surface area (Å²) in [4.78, 5) is 6.58. The summed E-state index contributed by atoms with van der Waals surface area (Å²) in [6.07, 6.45) is 0. The highest BCUT2D eigenvalue weighted by molar-refractivity contribution is 7.98. The van der Waals surface area contributed by atoms with Crippen LogP contribution in [-0.2, 0) is 10.5 Å². The number of para-hydroxylation sites is 3. The third-order valence-corrected chi connectivity index (χ3v) is 6.39. The molecule has 0 bridgehead atoms. The molecule has 1 fully saturated rings. The number of alkyl halides is 2. The van der Waals surface area contributed by atoms with Crippen LogP contribution in [0.5, 0.6) is 0 Å². The fraction of sp³-hybridized carbons (Fsp3) is 0.318. The molecule has 3 heterocycles. The van der Waals surface area contributed by atoms with E-state index < -0.39 is 6.55 Å². The zero-order chi connectivity index (χ0) is 22.1. The fourth-order valence-electron chi connectivity index (χ4n) is 3.89. The highest BCUT2D eigenvalue weighted by atomic mass is 32.2. The van der Waals surface area contributed by atoms with E-state index in [2.05, 4.69) is 20.1 Å². The van der Waals surface area contributed by atoms with E-state index in [-0.39, 0.29) is 5.75 Å². The summed E-state index contributed by atoms with van der Waals surface area (Å²) >= 11 is 1.35. The second-order valence-corrected chi connectivity index (χ2v) is 8.40. The van der Waals surface area contributed by atoms with E-state index in [1.807, 2.05) is 35.8 Å². The normalized spacial score (nSPS) is 14.6. The Morgan fingerprint density at radius 1 is 1.03 bits per heavy atom. The summed E-state index contributed by atoms with van der Waals surface area (Å²) in [7, 11) is 0. The van der Waals surface area contributed by atoms with E-state index in [1.54, 1.807) is 24.3 Å². The van der Waals surface area contributed by atoms with Gasteiger partial charge in [-0.1, -0.05) is 42.1 Å². The highest BCUT2D eigenvalue weighted by Crippen LogP contribution is 2.32. The third-order valence-electron chi connectivity index (χ3n) is 5.46. The molecule has 166 valence electrons. The van der Waals surface area contributed by atoms with Gasteiger partial charge in [0, 0.05) is 13.1 Å². The first-order valence-corrected chi connectivity index (χ1v) is 11.3. The number of fused-ring (bicyclic) bond motifs is 1. The van der Waals surface area contributed by atoms with Crippen LogP contribution in [0, 0.1) is 6.92 Å². The van der Waals surface area contributed by atoms with Crippen LogP contribution in [0.15, 0.2) is 53.7 Å². The van der Waals surface area contributed by atoms with Crippen molar-refractivity contribution >= 4 is 28.7 Å². The van der Waals surface area contributed by atoms with Crippen LogP contribution in [0.2, 0.25) is 0 Å². The molecule has 10 heteroatoms. The lowest BCUT2D eigenvalue weighted by molar-refractivity contribution is 0.0722. The van der Waals surface area contributed by atoms with Gasteiger partial charge in [-0.3, -0.25) is 9.13 Å². The van der Waals surface area contributed by atoms with Crippen molar-refractivity contribution in [3.8, 4) is 5.69 Å². The van der Waals surface area contributed by atoms with Crippen molar-refractivity contribution in [3.63, 3.8) is 0 Å². The van der Waals surface area contributed by atoms with Crippen LogP contribution >= 0.6 is 11.8 Å². The van der Waals surface area contributed by atoms with Gasteiger partial charge in [0.25, 0.3) is 0 Å². The molecular formula is C22H22F2N6OS. The van der Waals surface area contributed by atoms with E-state index in [4.69, 9.17) is 4.74 Å². The molecule has 32 heavy (non-hydrogen) atoms. The molecule has 0 saturated carbocycles. The number of thioether (sulfide) groups is 1. The molecule has 0 N–H and O–H groups in total. The first-order chi connectivity index (χ1) is 15.6. The molecule has 1 aliphatic heterocycles. The Bertz CT molecular complexity index is 1230. The van der Waals surface area contributed by atoms with Gasteiger partial charge in [-0.05, 0) is 30.7 Å². The van der Waals surface area contributed by atoms with Gasteiger partial charge in [0.2, 0.25) is 5.95 Å². The number of rotatable bonds is 6. The molecule has 2 aromatic carbocycles. The molecule has 0 spiro atoms. The van der Waals surface area contributed by atoms with E-state index in [0.29, 0.717) is 35.2 Å². The Labute approximate surface area is 188 Å². The number of ether oxygens (including phenoxy) is 1. The third kappa shape index (κ3) is 3.84. The average molecular weight is 457 g/mol. The van der Waals surface area contributed by atoms with Gasteiger partial charge in [-0.15, -0.1) is 10.2 Å². The van der Waals surface area contributed by atoms with Crippen LogP contribution in [-0.4, -0.2) is 50.6 Å². The Balaban J connectivity index is 1.52. The Hall–Kier alpha value is -2.98. The van der Waals surface area contributed by atoms with Crippen LogP contribution in [0.1, 0.15) is 17.9 Å². The summed E-state index contributed by atoms with van der Waals surface area (Å²) in [5, 5.41) is 9.51. The summed E-state index contributed by atoms with van der Waals surface area (Å²) in [6.45, 7) is 2.05. The number of anilines is 1. The number of imidazole rings is 1. The minimum atomic E-state index is -2.67. The lowest BCUT2D eigenvalue weighted by Crippen LogP contribution is -2.38. The average Bonchev–Trinajstić information content (AvgIpc) is 3.40. The minimum absolute atomic E-state index is 0.242. The molecule has 0 amide bonds. The minimum Gasteiger partial charge on any atom is -0.378 e. The molecule has 0 aliphatic carbocycles. The molecular weight excluding hydrogens is 434 g/mol. The predicted molar refractivity (Wildman–Crippen MR) is 120 cm³/mol. The SMILES string of the molecule is Cc1ccccc1-n1c(SCc2nc3ccccc3n2C(F)F)nnc1N1CCOCC1. The van der Waals surface area contributed by atoms with Gasteiger partial charge in [-0.2, -0.15) is 8.78 Å². The lowest BCUT2D eigenvalue weighted by atomic mass is 10.2. The number of aryl methyl sites for hydroxylation is 1. The van der Waals surface area contributed by atoms with Gasteiger partial charge in [0.15, 0.2) is 5.16 Å². The quantitative estimate of drug-likeness (QED) is 0.400. The number of nitrogens with zero attached hydrogens (tertiary/aromatic N) is 6. The zero-order valence-corrected chi connectivity index (χ0v) is 18.3. The molecule has 5 rings (SSSR count). The van der Waals surface area contributed by atoms with Crippen molar-refractivity contribution in [3.05, 3.63) is 59.9 Å². The maximum absolute atomic E-state index is 13.8. The molecule has 2 aromatic heterocycles. The number of aromatic nitrogens is 5. The van der Waals surface area contributed by atoms with Crippen molar-refractivity contribution in [1.82, 2.24) is 24.3 Å². The van der Waals surface area contributed by atoms with Crippen molar-refractivity contribution in [2.45, 2.75) is 24.4 Å². The summed E-state index contributed by atoms with van der Waals surface area (Å²) in [5.74, 6) is 1.28. The molecule has 0 atom stereocenters. The smallest absolute Gasteiger partial charge is 0.320 e. The maximum Gasteiger partial charge on any atom is 0.320 e. The first-order valence-electron chi connectivity index (χ1n) is 10.3. The van der Waals surface area contributed by atoms with E-state index in [1.165, 1.54) is 11.8 Å². The van der Waals surface area contributed by atoms with Gasteiger partial charge in [0.1, 0.15) is 5.82 Å². The second kappa shape index (κ2) is 8.87. The van der Waals surface area contributed by atoms with E-state index >= 15 is 0 Å². The largest absolute Gasteiger partial charge is 0.378 e. The van der Waals surface area contributed by atoms with Crippen molar-refractivity contribution < 1.29 is 13.5 Å². The van der Waals surface area contributed by atoms with Crippen LogP contribution < -0.4 is 4.90 Å². The van der Waals surface area contributed by atoms with Gasteiger partial charge in [0.05, 0.1) is 35.7 Å². The summed E-state index contributed by atoms with van der Waals surface area (Å²) < 4.78 is 36.1. The number of morpholine rings is 1. The topological polar surface area (TPSA) is 61.0 Å². The molecule has 1 saturated heterocycles. The monoisotopic (exact) mass is 456 g/mol. The maximum atomic E-state index is 13.8. The lowest BCUT2D eigenvalue weighted by Gasteiger charge is -2.28. The Morgan fingerprint density at radius 3 is 2.56 bits per heavy atom. The summed E-state index contributed by atoms with van der Waals surface area (Å²) in [5.41, 5.74) is 3.01. The van der Waals surface area contributed by atoms with E-state index in [9.17, 15) is 8.78 Å². The predicted octanol–water partition coefficient (Wildman–Crippen LogP) is 4.45. The zero-order valence-electron chi connectivity index (χ0n) is 17.5. The molecule has 7 nitrogen and oxygen atoms in total. The molecule has 1 aliphatic rings. The van der Waals surface area contributed by atoms with E-state index in [0.717, 1.165) is 34.9 Å². The van der Waals surface area contributed by atoms with Gasteiger partial charge < -0.3 is 9.64 Å². The summed E-state index contributed by atoms with van der Waals surface area (Å²) in [6, 6.07) is 14.9. The molecule has 4 aromatic rings. The number of hydrogen-bond acceptors (Lipinski definition) is 6. The number of benzene rings is 2. The molecule has 0 unspecified atom stereocenters. The Kier molecular flexibility index (Phi) is 5.79. The second-order valence-electron chi connectivity index (χ2n) is 7.46. The molecule has 0 radical (unpaired) electrons. The number of halogens is 2. The van der Waals surface area contributed by atoms with Gasteiger partial charge >= 0.3 is 6.55 Å². The van der Waals surface area contributed by atoms with Crippen molar-refractivity contribution in [2.24, 2.45) is 0 Å². The number of hydrogen-bond donors (Lipinski definition) is 0.